The molecule has 0 saturated carbocycles. The van der Waals surface area contributed by atoms with Gasteiger partial charge in [0.05, 0.1) is 0 Å². The predicted octanol–water partition coefficient (Wildman–Crippen LogP) is 3.70. The van der Waals surface area contributed by atoms with Crippen molar-refractivity contribution in [2.45, 2.75) is 0 Å². The molecule has 4 nitrogen and oxygen atoms in total. The number of benzene rings is 2. The molecule has 22 heavy (non-hydrogen) atoms. The van der Waals surface area contributed by atoms with E-state index in [0.29, 0.717) is 16.3 Å². The number of allylic oxidation sites excluding steroid dienone is 1. The highest BCUT2D eigenvalue weighted by atomic mass is 35.5. The largest absolute Gasteiger partial charge is 0.482 e. The fraction of sp³-hybridized carbons (Fsp3) is 0.0588. The van der Waals surface area contributed by atoms with Crippen LogP contribution in [0.25, 0.3) is 6.08 Å². The molecule has 2 aromatic carbocycles. The number of halogens is 1. The molecule has 0 spiro atoms. The fourth-order valence-electron chi connectivity index (χ4n) is 1.70. The van der Waals surface area contributed by atoms with E-state index in [4.69, 9.17) is 21.4 Å². The van der Waals surface area contributed by atoms with Gasteiger partial charge in [0.25, 0.3) is 0 Å². The monoisotopic (exact) mass is 316 g/mol. The van der Waals surface area contributed by atoms with E-state index in [-0.39, 0.29) is 5.78 Å². The van der Waals surface area contributed by atoms with Gasteiger partial charge < -0.3 is 9.84 Å². The molecule has 2 rings (SSSR count). The van der Waals surface area contributed by atoms with Crippen molar-refractivity contribution in [3.05, 3.63) is 70.8 Å². The first kappa shape index (κ1) is 15.8. The number of hydrogen-bond donors (Lipinski definition) is 1. The molecule has 0 aromatic heterocycles. The molecule has 0 saturated heterocycles. The Labute approximate surface area is 132 Å². The van der Waals surface area contributed by atoms with Crippen LogP contribution in [-0.4, -0.2) is 23.5 Å². The van der Waals surface area contributed by atoms with Crippen LogP contribution >= 0.6 is 11.6 Å². The van der Waals surface area contributed by atoms with E-state index in [9.17, 15) is 9.59 Å². The van der Waals surface area contributed by atoms with E-state index in [1.165, 1.54) is 6.08 Å². The van der Waals surface area contributed by atoms with E-state index >= 15 is 0 Å². The summed E-state index contributed by atoms with van der Waals surface area (Å²) in [7, 11) is 0. The van der Waals surface area contributed by atoms with E-state index < -0.39 is 12.6 Å². The maximum atomic E-state index is 12.0. The van der Waals surface area contributed by atoms with E-state index in [1.807, 2.05) is 12.1 Å². The van der Waals surface area contributed by atoms with Crippen LogP contribution in [0.1, 0.15) is 15.9 Å². The molecule has 112 valence electrons. The van der Waals surface area contributed by atoms with Gasteiger partial charge >= 0.3 is 5.97 Å². The molecule has 0 aliphatic heterocycles. The van der Waals surface area contributed by atoms with Crippen molar-refractivity contribution in [3.8, 4) is 5.75 Å². The quantitative estimate of drug-likeness (QED) is 0.652. The first-order valence-electron chi connectivity index (χ1n) is 6.47. The van der Waals surface area contributed by atoms with Crippen molar-refractivity contribution in [3.63, 3.8) is 0 Å². The molecule has 5 heteroatoms. The minimum absolute atomic E-state index is 0.153. The summed E-state index contributed by atoms with van der Waals surface area (Å²) in [5, 5.41) is 9.16. The Kier molecular flexibility index (Phi) is 5.33. The minimum atomic E-state index is -1.05. The Morgan fingerprint density at radius 2 is 1.68 bits per heavy atom. The van der Waals surface area contributed by atoms with E-state index in [1.54, 1.807) is 42.5 Å². The van der Waals surface area contributed by atoms with E-state index in [0.717, 1.165) is 5.56 Å². The number of carboxylic acid groups (broad SMARTS) is 1. The maximum absolute atomic E-state index is 12.0. The number of carbonyl (C=O) groups excluding carboxylic acids is 1. The van der Waals surface area contributed by atoms with Crippen LogP contribution in [-0.2, 0) is 4.79 Å². The maximum Gasteiger partial charge on any atom is 0.341 e. The fourth-order valence-corrected chi connectivity index (χ4v) is 1.83. The van der Waals surface area contributed by atoms with Gasteiger partial charge in [-0.3, -0.25) is 4.79 Å². The summed E-state index contributed by atoms with van der Waals surface area (Å²) in [4.78, 5) is 22.4. The normalized spacial score (nSPS) is 10.6. The average molecular weight is 317 g/mol. The second kappa shape index (κ2) is 7.43. The van der Waals surface area contributed by atoms with Crippen LogP contribution in [0.15, 0.2) is 54.6 Å². The van der Waals surface area contributed by atoms with Crippen LogP contribution in [0.3, 0.4) is 0 Å². The molecular weight excluding hydrogens is 304 g/mol. The molecule has 0 amide bonds. The lowest BCUT2D eigenvalue weighted by Gasteiger charge is -2.03. The van der Waals surface area contributed by atoms with Gasteiger partial charge in [0.15, 0.2) is 12.4 Å². The topological polar surface area (TPSA) is 63.6 Å². The average Bonchev–Trinajstić information content (AvgIpc) is 2.52. The van der Waals surface area contributed by atoms with Gasteiger partial charge in [-0.05, 0) is 48.0 Å². The smallest absolute Gasteiger partial charge is 0.341 e. The summed E-state index contributed by atoms with van der Waals surface area (Å²) in [6.45, 7) is -0.413. The standard InChI is InChI=1S/C17H13ClO4/c18-14-6-1-12(2-7-14)3-10-16(19)13-4-8-15(9-5-13)22-11-17(20)21/h1-10H,11H2,(H,20,21)/b10-3+. The van der Waals surface area contributed by atoms with Crippen LogP contribution in [0, 0.1) is 0 Å². The molecule has 0 unspecified atom stereocenters. The van der Waals surface area contributed by atoms with Crippen LogP contribution < -0.4 is 4.74 Å². The van der Waals surface area contributed by atoms with Gasteiger partial charge in [-0.25, -0.2) is 4.79 Å². The first-order chi connectivity index (χ1) is 10.5. The molecule has 0 radical (unpaired) electrons. The zero-order valence-electron chi connectivity index (χ0n) is 11.5. The molecular formula is C17H13ClO4. The van der Waals surface area contributed by atoms with Crippen molar-refractivity contribution in [2.75, 3.05) is 6.61 Å². The highest BCUT2D eigenvalue weighted by molar-refractivity contribution is 6.30. The zero-order chi connectivity index (χ0) is 15.9. The SMILES string of the molecule is O=C(O)COc1ccc(C(=O)/C=C/c2ccc(Cl)cc2)cc1. The molecule has 0 aliphatic rings. The van der Waals surface area contributed by atoms with Crippen LogP contribution in [0.4, 0.5) is 0 Å². The molecule has 2 aromatic rings. The first-order valence-corrected chi connectivity index (χ1v) is 6.85. The zero-order valence-corrected chi connectivity index (χ0v) is 12.3. The van der Waals surface area contributed by atoms with Crippen LogP contribution in [0.2, 0.25) is 5.02 Å². The summed E-state index contributed by atoms with van der Waals surface area (Å²) < 4.78 is 5.00. The summed E-state index contributed by atoms with van der Waals surface area (Å²) in [5.41, 5.74) is 1.37. The highest BCUT2D eigenvalue weighted by Crippen LogP contribution is 2.14. The van der Waals surface area contributed by atoms with Crippen LogP contribution in [0.5, 0.6) is 5.75 Å². The number of carbonyl (C=O) groups is 2. The Balaban J connectivity index is 2.00. The lowest BCUT2D eigenvalue weighted by molar-refractivity contribution is -0.139. The summed E-state index contributed by atoms with van der Waals surface area (Å²) in [5.74, 6) is -0.800. The molecule has 0 aliphatic carbocycles. The summed E-state index contributed by atoms with van der Waals surface area (Å²) in [6, 6.07) is 13.4. The number of rotatable bonds is 6. The van der Waals surface area contributed by atoms with Gasteiger partial charge in [0.1, 0.15) is 5.75 Å². The lowest BCUT2D eigenvalue weighted by atomic mass is 10.1. The summed E-state index contributed by atoms with van der Waals surface area (Å²) >= 11 is 5.79. The van der Waals surface area contributed by atoms with Gasteiger partial charge in [0.2, 0.25) is 0 Å². The van der Waals surface area contributed by atoms with Crippen molar-refractivity contribution in [1.29, 1.82) is 0 Å². The molecule has 0 fully saturated rings. The van der Waals surface area contributed by atoms with Gasteiger partial charge in [-0.1, -0.05) is 29.8 Å². The number of aliphatic carboxylic acids is 1. The minimum Gasteiger partial charge on any atom is -0.482 e. The predicted molar refractivity (Wildman–Crippen MR) is 84.4 cm³/mol. The lowest BCUT2D eigenvalue weighted by Crippen LogP contribution is -2.09. The Hall–Kier alpha value is -2.59. The van der Waals surface area contributed by atoms with Gasteiger partial charge in [0, 0.05) is 10.6 Å². The van der Waals surface area contributed by atoms with E-state index in [2.05, 4.69) is 0 Å². The van der Waals surface area contributed by atoms with Crippen molar-refractivity contribution < 1.29 is 19.4 Å². The number of ketones is 1. The molecule has 0 heterocycles. The number of carboxylic acids is 1. The molecule has 0 atom stereocenters. The second-order valence-electron chi connectivity index (χ2n) is 4.46. The molecule has 1 N–H and O–H groups in total. The third kappa shape index (κ3) is 4.75. The van der Waals surface area contributed by atoms with Crippen molar-refractivity contribution in [1.82, 2.24) is 0 Å². The second-order valence-corrected chi connectivity index (χ2v) is 4.89. The van der Waals surface area contributed by atoms with Gasteiger partial charge in [-0.15, -0.1) is 0 Å². The van der Waals surface area contributed by atoms with Crippen molar-refractivity contribution in [2.24, 2.45) is 0 Å². The van der Waals surface area contributed by atoms with Gasteiger partial charge in [-0.2, -0.15) is 0 Å². The highest BCUT2D eigenvalue weighted by Gasteiger charge is 2.03. The van der Waals surface area contributed by atoms with Crippen molar-refractivity contribution >= 4 is 29.4 Å². The third-order valence-corrected chi connectivity index (χ3v) is 3.05. The number of hydrogen-bond acceptors (Lipinski definition) is 3. The Bertz CT molecular complexity index is 688. The number of ether oxygens (including phenoxy) is 1. The Morgan fingerprint density at radius 3 is 2.27 bits per heavy atom. The third-order valence-electron chi connectivity index (χ3n) is 2.80. The Morgan fingerprint density at radius 1 is 1.05 bits per heavy atom. The summed E-state index contributed by atoms with van der Waals surface area (Å²) in [6.07, 6.45) is 3.17. The molecule has 0 bridgehead atoms.